The topological polar surface area (TPSA) is 9.23 Å². The van der Waals surface area contributed by atoms with Gasteiger partial charge in [-0.3, -0.25) is 0 Å². The number of hydrogen-bond donors (Lipinski definition) is 0. The second kappa shape index (κ2) is 4.51. The van der Waals surface area contributed by atoms with E-state index in [0.717, 1.165) is 19.1 Å². The molecule has 5 heteroatoms. The minimum atomic E-state index is -4.26. The first-order valence-electron chi connectivity index (χ1n) is 4.34. The second-order valence-electron chi connectivity index (χ2n) is 3.21. The van der Waals surface area contributed by atoms with Crippen LogP contribution >= 0.6 is 0 Å². The van der Waals surface area contributed by atoms with Crippen LogP contribution in [0.25, 0.3) is 0 Å². The number of ether oxygens (including phenoxy) is 1. The van der Waals surface area contributed by atoms with E-state index >= 15 is 0 Å². The predicted molar refractivity (Wildman–Crippen MR) is 47.1 cm³/mol. The molecule has 0 bridgehead atoms. The van der Waals surface area contributed by atoms with Gasteiger partial charge in [0.2, 0.25) is 0 Å². The molecule has 0 saturated heterocycles. The SMILES string of the molecule is CC(COc1ccc(F)cc1)C(F)(F)F. The molecule has 1 atom stereocenters. The van der Waals surface area contributed by atoms with Gasteiger partial charge in [-0.15, -0.1) is 0 Å². The van der Waals surface area contributed by atoms with Gasteiger partial charge in [0.05, 0.1) is 12.5 Å². The van der Waals surface area contributed by atoms with Gasteiger partial charge < -0.3 is 4.74 Å². The van der Waals surface area contributed by atoms with E-state index in [1.165, 1.54) is 12.1 Å². The van der Waals surface area contributed by atoms with Crippen molar-refractivity contribution >= 4 is 0 Å². The Kier molecular flexibility index (Phi) is 3.55. The van der Waals surface area contributed by atoms with Crippen molar-refractivity contribution in [2.24, 2.45) is 5.92 Å². The monoisotopic (exact) mass is 222 g/mol. The third kappa shape index (κ3) is 3.77. The summed E-state index contributed by atoms with van der Waals surface area (Å²) in [6.07, 6.45) is -4.26. The van der Waals surface area contributed by atoms with Crippen LogP contribution in [-0.2, 0) is 0 Å². The lowest BCUT2D eigenvalue weighted by Crippen LogP contribution is -2.25. The summed E-state index contributed by atoms with van der Waals surface area (Å²) in [6, 6.07) is 4.85. The van der Waals surface area contributed by atoms with Crippen LogP contribution in [0.2, 0.25) is 0 Å². The molecule has 0 radical (unpaired) electrons. The van der Waals surface area contributed by atoms with E-state index in [0.29, 0.717) is 0 Å². The highest BCUT2D eigenvalue weighted by molar-refractivity contribution is 5.21. The fourth-order valence-corrected chi connectivity index (χ4v) is 0.847. The smallest absolute Gasteiger partial charge is 0.394 e. The number of hydrogen-bond acceptors (Lipinski definition) is 1. The van der Waals surface area contributed by atoms with Gasteiger partial charge in [-0.1, -0.05) is 6.92 Å². The summed E-state index contributed by atoms with van der Waals surface area (Å²) in [5.74, 6) is -1.76. The van der Waals surface area contributed by atoms with Crippen LogP contribution in [0.5, 0.6) is 5.75 Å². The molecule has 1 aromatic carbocycles. The molecule has 0 aromatic heterocycles. The van der Waals surface area contributed by atoms with Crippen molar-refractivity contribution in [1.82, 2.24) is 0 Å². The summed E-state index contributed by atoms with van der Waals surface area (Å²) in [6.45, 7) is 0.568. The lowest BCUT2D eigenvalue weighted by molar-refractivity contribution is -0.176. The fourth-order valence-electron chi connectivity index (χ4n) is 0.847. The highest BCUT2D eigenvalue weighted by atomic mass is 19.4. The maximum atomic E-state index is 12.4. The van der Waals surface area contributed by atoms with Crippen LogP contribution in [0.15, 0.2) is 24.3 Å². The molecular weight excluding hydrogens is 212 g/mol. The molecular formula is C10H10F4O. The minimum Gasteiger partial charge on any atom is -0.493 e. The van der Waals surface area contributed by atoms with E-state index in [-0.39, 0.29) is 5.75 Å². The molecule has 0 aliphatic carbocycles. The van der Waals surface area contributed by atoms with Gasteiger partial charge in [0.25, 0.3) is 0 Å². The van der Waals surface area contributed by atoms with Crippen LogP contribution in [-0.4, -0.2) is 12.8 Å². The number of rotatable bonds is 3. The van der Waals surface area contributed by atoms with Crippen molar-refractivity contribution in [3.63, 3.8) is 0 Å². The lowest BCUT2D eigenvalue weighted by atomic mass is 10.2. The van der Waals surface area contributed by atoms with E-state index in [4.69, 9.17) is 4.74 Å². The second-order valence-corrected chi connectivity index (χ2v) is 3.21. The lowest BCUT2D eigenvalue weighted by Gasteiger charge is -2.16. The molecule has 0 fully saturated rings. The summed E-state index contributed by atoms with van der Waals surface area (Å²) in [7, 11) is 0. The zero-order valence-electron chi connectivity index (χ0n) is 8.01. The first-order valence-corrected chi connectivity index (χ1v) is 4.34. The Morgan fingerprint density at radius 1 is 1.20 bits per heavy atom. The Morgan fingerprint density at radius 3 is 2.20 bits per heavy atom. The molecule has 1 unspecified atom stereocenters. The van der Waals surface area contributed by atoms with Gasteiger partial charge in [-0.2, -0.15) is 13.2 Å². The molecule has 0 heterocycles. The zero-order chi connectivity index (χ0) is 11.5. The molecule has 0 saturated carbocycles. The van der Waals surface area contributed by atoms with Crippen LogP contribution in [0.1, 0.15) is 6.92 Å². The maximum absolute atomic E-state index is 12.4. The Balaban J connectivity index is 2.47. The number of halogens is 4. The van der Waals surface area contributed by atoms with Gasteiger partial charge in [0.1, 0.15) is 11.6 Å². The van der Waals surface area contributed by atoms with Gasteiger partial charge in [-0.05, 0) is 24.3 Å². The summed E-state index contributed by atoms with van der Waals surface area (Å²) >= 11 is 0. The standard InChI is InChI=1S/C10H10F4O/c1-7(10(12,13)14)6-15-9-4-2-8(11)3-5-9/h2-5,7H,6H2,1H3. The highest BCUT2D eigenvalue weighted by Gasteiger charge is 2.36. The summed E-state index contributed by atoms with van der Waals surface area (Å²) in [5.41, 5.74) is 0. The van der Waals surface area contributed by atoms with Crippen molar-refractivity contribution in [3.8, 4) is 5.75 Å². The largest absolute Gasteiger partial charge is 0.493 e. The van der Waals surface area contributed by atoms with E-state index < -0.39 is 24.5 Å². The minimum absolute atomic E-state index is 0.229. The zero-order valence-corrected chi connectivity index (χ0v) is 8.01. The first-order chi connectivity index (χ1) is 6.89. The average molecular weight is 222 g/mol. The van der Waals surface area contributed by atoms with Crippen molar-refractivity contribution in [2.75, 3.05) is 6.61 Å². The molecule has 0 amide bonds. The van der Waals surface area contributed by atoms with Crippen LogP contribution in [0.4, 0.5) is 17.6 Å². The van der Waals surface area contributed by atoms with Gasteiger partial charge >= 0.3 is 6.18 Å². The summed E-state index contributed by atoms with van der Waals surface area (Å²) in [4.78, 5) is 0. The average Bonchev–Trinajstić information content (AvgIpc) is 2.15. The normalized spacial score (nSPS) is 13.7. The Hall–Kier alpha value is -1.26. The van der Waals surface area contributed by atoms with Crippen molar-refractivity contribution in [1.29, 1.82) is 0 Å². The van der Waals surface area contributed by atoms with Gasteiger partial charge in [-0.25, -0.2) is 4.39 Å². The van der Waals surface area contributed by atoms with E-state index in [1.54, 1.807) is 0 Å². The van der Waals surface area contributed by atoms with E-state index in [1.807, 2.05) is 0 Å². The van der Waals surface area contributed by atoms with Crippen LogP contribution in [0, 0.1) is 11.7 Å². The maximum Gasteiger partial charge on any atom is 0.394 e. The van der Waals surface area contributed by atoms with E-state index in [9.17, 15) is 17.6 Å². The van der Waals surface area contributed by atoms with E-state index in [2.05, 4.69) is 0 Å². The predicted octanol–water partition coefficient (Wildman–Crippen LogP) is 3.40. The third-order valence-corrected chi connectivity index (χ3v) is 1.87. The molecule has 1 rings (SSSR count). The van der Waals surface area contributed by atoms with Crippen molar-refractivity contribution in [2.45, 2.75) is 13.1 Å². The van der Waals surface area contributed by atoms with Crippen LogP contribution in [0.3, 0.4) is 0 Å². The molecule has 84 valence electrons. The molecule has 1 nitrogen and oxygen atoms in total. The number of alkyl halides is 3. The van der Waals surface area contributed by atoms with Crippen LogP contribution < -0.4 is 4.74 Å². The quantitative estimate of drug-likeness (QED) is 0.712. The molecule has 15 heavy (non-hydrogen) atoms. The molecule has 0 aliphatic rings. The molecule has 0 aliphatic heterocycles. The highest BCUT2D eigenvalue weighted by Crippen LogP contribution is 2.26. The Labute approximate surface area is 84.7 Å². The Bertz CT molecular complexity index is 304. The molecule has 1 aromatic rings. The van der Waals surface area contributed by atoms with Gasteiger partial charge in [0.15, 0.2) is 0 Å². The van der Waals surface area contributed by atoms with Gasteiger partial charge in [0, 0.05) is 0 Å². The Morgan fingerprint density at radius 2 is 1.73 bits per heavy atom. The third-order valence-electron chi connectivity index (χ3n) is 1.87. The van der Waals surface area contributed by atoms with Crippen molar-refractivity contribution in [3.05, 3.63) is 30.1 Å². The summed E-state index contributed by atoms with van der Waals surface area (Å²) < 4.78 is 53.5. The summed E-state index contributed by atoms with van der Waals surface area (Å²) in [5, 5.41) is 0. The molecule has 0 spiro atoms. The first kappa shape index (κ1) is 11.8. The van der Waals surface area contributed by atoms with Crippen molar-refractivity contribution < 1.29 is 22.3 Å². The molecule has 0 N–H and O–H groups in total. The fraction of sp³-hybridized carbons (Fsp3) is 0.400. The number of benzene rings is 1.